The summed E-state index contributed by atoms with van der Waals surface area (Å²) in [6.45, 7) is 0.0366. The highest BCUT2D eigenvalue weighted by Gasteiger charge is 2.48. The third-order valence-electron chi connectivity index (χ3n) is 12.1. The van der Waals surface area contributed by atoms with E-state index in [9.17, 15) is 0 Å². The highest BCUT2D eigenvalue weighted by atomic mass is 15.2. The van der Waals surface area contributed by atoms with Crippen LogP contribution in [0.2, 0.25) is 0 Å². The van der Waals surface area contributed by atoms with Crippen molar-refractivity contribution in [3.05, 3.63) is 164 Å². The predicted molar refractivity (Wildman–Crippen MR) is 219 cm³/mol. The van der Waals surface area contributed by atoms with E-state index < -0.39 is 0 Å². The second-order valence-corrected chi connectivity index (χ2v) is 14.4. The molecule has 0 fully saturated rings. The van der Waals surface area contributed by atoms with E-state index >= 15 is 0 Å². The summed E-state index contributed by atoms with van der Waals surface area (Å²) in [5.74, 6) is 0. The topological polar surface area (TPSA) is 6.48 Å². The summed E-state index contributed by atoms with van der Waals surface area (Å²) in [5, 5.41) is 16.1. The molecule has 0 aliphatic carbocycles. The molecule has 51 heavy (non-hydrogen) atoms. The number of fused-ring (bicyclic) bond motifs is 8. The fraction of sp³-hybridized carbons (Fsp3) is 0. The van der Waals surface area contributed by atoms with Crippen LogP contribution in [0.3, 0.4) is 0 Å². The van der Waals surface area contributed by atoms with Crippen molar-refractivity contribution in [2.45, 2.75) is 0 Å². The molecule has 13 rings (SSSR count). The molecule has 0 saturated carbocycles. The van der Waals surface area contributed by atoms with E-state index in [-0.39, 0.29) is 6.85 Å². The molecule has 0 radical (unpaired) electrons. The number of rotatable bonds is 2. The maximum atomic E-state index is 2.70. The van der Waals surface area contributed by atoms with Gasteiger partial charge in [0.15, 0.2) is 0 Å². The van der Waals surface area contributed by atoms with E-state index in [2.05, 4.69) is 174 Å². The van der Waals surface area contributed by atoms with Crippen LogP contribution in [0.1, 0.15) is 0 Å². The molecule has 0 spiro atoms. The van der Waals surface area contributed by atoms with Gasteiger partial charge in [0.2, 0.25) is 0 Å². The van der Waals surface area contributed by atoms with Gasteiger partial charge in [-0.15, -0.1) is 0 Å². The van der Waals surface area contributed by atoms with Crippen LogP contribution in [0, 0.1) is 0 Å². The summed E-state index contributed by atoms with van der Waals surface area (Å²) >= 11 is 0. The van der Waals surface area contributed by atoms with E-state index in [1.165, 1.54) is 115 Å². The van der Waals surface area contributed by atoms with Crippen molar-refractivity contribution in [1.82, 2.24) is 0 Å². The molecule has 0 aromatic heterocycles. The van der Waals surface area contributed by atoms with Crippen LogP contribution in [0.4, 0.5) is 28.4 Å². The van der Waals surface area contributed by atoms with Gasteiger partial charge >= 0.3 is 6.85 Å². The maximum Gasteiger partial charge on any atom is 0.333 e. The lowest BCUT2D eigenvalue weighted by Gasteiger charge is -2.47. The minimum atomic E-state index is 0.0366. The molecule has 2 nitrogen and oxygen atoms in total. The minimum absolute atomic E-state index is 0.0366. The van der Waals surface area contributed by atoms with Crippen LogP contribution in [0.5, 0.6) is 0 Å². The number of anilines is 5. The van der Waals surface area contributed by atoms with Gasteiger partial charge in [0, 0.05) is 39.2 Å². The Kier molecular flexibility index (Phi) is 4.72. The van der Waals surface area contributed by atoms with Gasteiger partial charge in [-0.25, -0.2) is 0 Å². The molecule has 3 aliphatic rings. The van der Waals surface area contributed by atoms with Crippen molar-refractivity contribution in [3.63, 3.8) is 0 Å². The fourth-order valence-electron chi connectivity index (χ4n) is 10.2. The van der Waals surface area contributed by atoms with Crippen LogP contribution < -0.4 is 20.6 Å². The average molecular weight is 643 g/mol. The van der Waals surface area contributed by atoms with Crippen LogP contribution in [-0.2, 0) is 0 Å². The summed E-state index contributed by atoms with van der Waals surface area (Å²) in [5.41, 5.74) is 11.6. The predicted octanol–water partition coefficient (Wildman–Crippen LogP) is 11.6. The lowest BCUT2D eigenvalue weighted by Crippen LogP contribution is -2.62. The lowest BCUT2D eigenvalue weighted by atomic mass is 9.42. The Labute approximate surface area is 294 Å². The Morgan fingerprint density at radius 3 is 1.31 bits per heavy atom. The zero-order chi connectivity index (χ0) is 32.9. The number of hydrogen-bond acceptors (Lipinski definition) is 2. The molecule has 10 aromatic carbocycles. The summed E-state index contributed by atoms with van der Waals surface area (Å²) < 4.78 is 0. The Morgan fingerprint density at radius 1 is 0.314 bits per heavy atom. The van der Waals surface area contributed by atoms with Crippen LogP contribution in [0.25, 0.3) is 75.8 Å². The Bertz CT molecular complexity index is 3050. The highest BCUT2D eigenvalue weighted by molar-refractivity contribution is 6.97. The van der Waals surface area contributed by atoms with Gasteiger partial charge in [0.1, 0.15) is 0 Å². The first-order valence-corrected chi connectivity index (χ1v) is 17.9. The van der Waals surface area contributed by atoms with Gasteiger partial charge in [-0.3, -0.25) is 0 Å². The van der Waals surface area contributed by atoms with E-state index in [1.807, 2.05) is 0 Å². The lowest BCUT2D eigenvalue weighted by molar-refractivity contribution is 1.29. The van der Waals surface area contributed by atoms with Crippen LogP contribution in [0.15, 0.2) is 164 Å². The van der Waals surface area contributed by atoms with Gasteiger partial charge in [-0.1, -0.05) is 127 Å². The molecule has 3 heteroatoms. The van der Waals surface area contributed by atoms with Crippen molar-refractivity contribution in [2.75, 3.05) is 9.71 Å². The van der Waals surface area contributed by atoms with Gasteiger partial charge < -0.3 is 9.71 Å². The standard InChI is InChI=1S/C48H27BN2/c1-2-11-28(12-3-1)29-13-8-14-30(27-29)50-41-25-23-37-33-17-6-4-15-31(33)35-19-9-21-39-43(35)45(37)47(41)49-48-42(50)26-24-38-34-18-7-5-16-32(34)36-20-10-22-40(51(39)49)44(36)46(38)48/h1-27H. The van der Waals surface area contributed by atoms with Gasteiger partial charge in [-0.2, -0.15) is 0 Å². The molecule has 0 atom stereocenters. The molecular weight excluding hydrogens is 615 g/mol. The molecule has 0 bridgehead atoms. The van der Waals surface area contributed by atoms with Gasteiger partial charge in [-0.05, 0) is 112 Å². The zero-order valence-electron chi connectivity index (χ0n) is 27.6. The average Bonchev–Trinajstić information content (AvgIpc) is 3.21. The van der Waals surface area contributed by atoms with Crippen molar-refractivity contribution < 1.29 is 0 Å². The van der Waals surface area contributed by atoms with E-state index in [0.717, 1.165) is 0 Å². The van der Waals surface area contributed by atoms with E-state index in [4.69, 9.17) is 0 Å². The van der Waals surface area contributed by atoms with Crippen LogP contribution >= 0.6 is 0 Å². The minimum Gasteiger partial charge on any atom is -0.376 e. The first kappa shape index (κ1) is 26.3. The molecule has 0 saturated heterocycles. The molecule has 3 aliphatic heterocycles. The Hall–Kier alpha value is -6.58. The SMILES string of the molecule is c1ccc(-c2cccc(N3c4ccc5c6ccccc6c6cccc7c6c5c4B4c5c3ccc3c6ccccc6c6cccc(c6c53)N47)c2)cc1. The summed E-state index contributed by atoms with van der Waals surface area (Å²) in [4.78, 5) is 5.26. The Balaban J connectivity index is 1.28. The first-order chi connectivity index (χ1) is 25.3. The van der Waals surface area contributed by atoms with Crippen molar-refractivity contribution >= 4 is 111 Å². The fourth-order valence-corrected chi connectivity index (χ4v) is 10.2. The molecule has 3 heterocycles. The van der Waals surface area contributed by atoms with E-state index in [0.29, 0.717) is 0 Å². The second-order valence-electron chi connectivity index (χ2n) is 14.4. The third kappa shape index (κ3) is 3.08. The molecule has 10 aromatic rings. The van der Waals surface area contributed by atoms with E-state index in [1.54, 1.807) is 0 Å². The van der Waals surface area contributed by atoms with Gasteiger partial charge in [0.05, 0.1) is 0 Å². The van der Waals surface area contributed by atoms with Crippen molar-refractivity contribution in [1.29, 1.82) is 0 Å². The molecule has 0 amide bonds. The molecule has 232 valence electrons. The first-order valence-electron chi connectivity index (χ1n) is 17.9. The van der Waals surface area contributed by atoms with Gasteiger partial charge in [0.25, 0.3) is 0 Å². The maximum absolute atomic E-state index is 2.70. The second kappa shape index (κ2) is 9.15. The molecule has 0 unspecified atom stereocenters. The normalized spacial score (nSPS) is 13.8. The Morgan fingerprint density at radius 2 is 0.765 bits per heavy atom. The number of benzene rings is 10. The summed E-state index contributed by atoms with van der Waals surface area (Å²) in [6.07, 6.45) is 0. The number of hydrogen-bond donors (Lipinski definition) is 0. The molecule has 0 N–H and O–H groups in total. The largest absolute Gasteiger partial charge is 0.376 e. The number of nitrogens with zero attached hydrogens (tertiary/aromatic N) is 2. The summed E-state index contributed by atoms with van der Waals surface area (Å²) in [7, 11) is 0. The summed E-state index contributed by atoms with van der Waals surface area (Å²) in [6, 6.07) is 61.4. The smallest absolute Gasteiger partial charge is 0.333 e. The highest BCUT2D eigenvalue weighted by Crippen LogP contribution is 2.54. The van der Waals surface area contributed by atoms with Crippen molar-refractivity contribution in [2.24, 2.45) is 0 Å². The third-order valence-corrected chi connectivity index (χ3v) is 12.1. The zero-order valence-corrected chi connectivity index (χ0v) is 27.6. The molecular formula is C48H27BN2. The van der Waals surface area contributed by atoms with Crippen molar-refractivity contribution in [3.8, 4) is 11.1 Å². The monoisotopic (exact) mass is 642 g/mol. The quantitative estimate of drug-likeness (QED) is 0.137. The van der Waals surface area contributed by atoms with Crippen LogP contribution in [-0.4, -0.2) is 6.85 Å².